The normalized spacial score (nSPS) is 12.7. The second-order valence-corrected chi connectivity index (χ2v) is 5.07. The molecular weight excluding hydrogens is 224 g/mol. The molecule has 16 heavy (non-hydrogen) atoms. The number of thioether (sulfide) groups is 1. The first-order valence-corrected chi connectivity index (χ1v) is 6.40. The SMILES string of the molecule is CCC(C)SCc1nc(COC)cc(=O)[nH]1. The summed E-state index contributed by atoms with van der Waals surface area (Å²) in [6.45, 7) is 4.70. The number of rotatable bonds is 6. The lowest BCUT2D eigenvalue weighted by Crippen LogP contribution is -2.13. The van der Waals surface area contributed by atoms with Gasteiger partial charge < -0.3 is 9.72 Å². The number of H-pyrrole nitrogens is 1. The van der Waals surface area contributed by atoms with Crippen molar-refractivity contribution in [1.29, 1.82) is 0 Å². The Balaban J connectivity index is 2.68. The number of aromatic nitrogens is 2. The van der Waals surface area contributed by atoms with E-state index >= 15 is 0 Å². The van der Waals surface area contributed by atoms with Gasteiger partial charge in [0.25, 0.3) is 5.56 Å². The van der Waals surface area contributed by atoms with Gasteiger partial charge >= 0.3 is 0 Å². The van der Waals surface area contributed by atoms with Gasteiger partial charge in [-0.1, -0.05) is 13.8 Å². The fourth-order valence-corrected chi connectivity index (χ4v) is 2.01. The number of nitrogens with one attached hydrogen (secondary N) is 1. The van der Waals surface area contributed by atoms with Crippen LogP contribution in [0.5, 0.6) is 0 Å². The average Bonchev–Trinajstić information content (AvgIpc) is 2.25. The number of aromatic amines is 1. The van der Waals surface area contributed by atoms with E-state index < -0.39 is 0 Å². The molecule has 5 heteroatoms. The molecule has 1 N–H and O–H groups in total. The third-order valence-electron chi connectivity index (χ3n) is 2.22. The molecular formula is C11H18N2O2S. The minimum absolute atomic E-state index is 0.109. The molecule has 1 heterocycles. The Morgan fingerprint density at radius 3 is 3.00 bits per heavy atom. The van der Waals surface area contributed by atoms with Crippen molar-refractivity contribution < 1.29 is 4.74 Å². The topological polar surface area (TPSA) is 55.0 Å². The largest absolute Gasteiger partial charge is 0.378 e. The Bertz CT molecular complexity index is 378. The van der Waals surface area contributed by atoms with Crippen LogP contribution in [0.15, 0.2) is 10.9 Å². The molecule has 0 aromatic carbocycles. The monoisotopic (exact) mass is 242 g/mol. The molecule has 90 valence electrons. The van der Waals surface area contributed by atoms with Gasteiger partial charge in [0.05, 0.1) is 18.1 Å². The first-order valence-electron chi connectivity index (χ1n) is 5.35. The van der Waals surface area contributed by atoms with E-state index in [0.29, 0.717) is 17.6 Å². The average molecular weight is 242 g/mol. The van der Waals surface area contributed by atoms with E-state index in [1.54, 1.807) is 18.9 Å². The van der Waals surface area contributed by atoms with Crippen molar-refractivity contribution >= 4 is 11.8 Å². The van der Waals surface area contributed by atoms with Crippen LogP contribution in [-0.4, -0.2) is 22.3 Å². The predicted octanol–water partition coefficient (Wildman–Crippen LogP) is 1.95. The van der Waals surface area contributed by atoms with Gasteiger partial charge in [-0.25, -0.2) is 4.98 Å². The Labute approximate surface area is 99.8 Å². The summed E-state index contributed by atoms with van der Waals surface area (Å²) in [5.41, 5.74) is 0.577. The van der Waals surface area contributed by atoms with Crippen molar-refractivity contribution in [1.82, 2.24) is 9.97 Å². The van der Waals surface area contributed by atoms with Crippen molar-refractivity contribution in [3.63, 3.8) is 0 Å². The van der Waals surface area contributed by atoms with E-state index in [2.05, 4.69) is 23.8 Å². The van der Waals surface area contributed by atoms with Crippen LogP contribution in [0.2, 0.25) is 0 Å². The quantitative estimate of drug-likeness (QED) is 0.828. The molecule has 0 saturated carbocycles. The van der Waals surface area contributed by atoms with Gasteiger partial charge in [-0.2, -0.15) is 11.8 Å². The van der Waals surface area contributed by atoms with Crippen LogP contribution in [0.4, 0.5) is 0 Å². The van der Waals surface area contributed by atoms with Crippen molar-refractivity contribution in [3.8, 4) is 0 Å². The number of hydrogen-bond acceptors (Lipinski definition) is 4. The molecule has 1 atom stereocenters. The van der Waals surface area contributed by atoms with Gasteiger partial charge in [0.15, 0.2) is 0 Å². The summed E-state index contributed by atoms with van der Waals surface area (Å²) in [6, 6.07) is 1.47. The summed E-state index contributed by atoms with van der Waals surface area (Å²) in [7, 11) is 1.59. The first-order chi connectivity index (χ1) is 7.65. The van der Waals surface area contributed by atoms with Crippen LogP contribution >= 0.6 is 11.8 Å². The van der Waals surface area contributed by atoms with E-state index in [0.717, 1.165) is 18.0 Å². The molecule has 0 spiro atoms. The van der Waals surface area contributed by atoms with Gasteiger partial charge in [0.2, 0.25) is 0 Å². The summed E-state index contributed by atoms with van der Waals surface area (Å²) in [6.07, 6.45) is 1.12. The summed E-state index contributed by atoms with van der Waals surface area (Å²) in [5.74, 6) is 1.46. The molecule has 0 saturated heterocycles. The van der Waals surface area contributed by atoms with Crippen LogP contribution in [0, 0.1) is 0 Å². The van der Waals surface area contributed by atoms with Crippen LogP contribution in [-0.2, 0) is 17.1 Å². The molecule has 0 radical (unpaired) electrons. The highest BCUT2D eigenvalue weighted by Crippen LogP contribution is 2.17. The lowest BCUT2D eigenvalue weighted by atomic mass is 10.4. The first kappa shape index (κ1) is 13.3. The number of nitrogens with zero attached hydrogens (tertiary/aromatic N) is 1. The van der Waals surface area contributed by atoms with Gasteiger partial charge in [0, 0.05) is 18.4 Å². The van der Waals surface area contributed by atoms with Crippen molar-refractivity contribution in [2.45, 2.75) is 37.9 Å². The second-order valence-electron chi connectivity index (χ2n) is 3.65. The second kappa shape index (κ2) is 6.70. The van der Waals surface area contributed by atoms with E-state index in [1.165, 1.54) is 6.07 Å². The molecule has 1 unspecified atom stereocenters. The van der Waals surface area contributed by atoms with Gasteiger partial charge in [-0.15, -0.1) is 0 Å². The third-order valence-corrected chi connectivity index (χ3v) is 3.56. The predicted molar refractivity (Wildman–Crippen MR) is 66.6 cm³/mol. The Kier molecular flexibility index (Phi) is 5.55. The van der Waals surface area contributed by atoms with Crippen molar-refractivity contribution in [3.05, 3.63) is 27.9 Å². The fraction of sp³-hybridized carbons (Fsp3) is 0.636. The summed E-state index contributed by atoms with van der Waals surface area (Å²) in [4.78, 5) is 18.4. The van der Waals surface area contributed by atoms with Crippen molar-refractivity contribution in [2.75, 3.05) is 7.11 Å². The minimum Gasteiger partial charge on any atom is -0.378 e. The zero-order valence-electron chi connectivity index (χ0n) is 9.95. The highest BCUT2D eigenvalue weighted by molar-refractivity contribution is 7.99. The standard InChI is InChI=1S/C11H18N2O2S/c1-4-8(2)16-7-10-12-9(6-15-3)5-11(14)13-10/h5,8H,4,6-7H2,1-3H3,(H,12,13,14). The third kappa shape index (κ3) is 4.37. The zero-order chi connectivity index (χ0) is 12.0. The van der Waals surface area contributed by atoms with E-state index in [1.807, 2.05) is 0 Å². The zero-order valence-corrected chi connectivity index (χ0v) is 10.8. The van der Waals surface area contributed by atoms with Crippen LogP contribution in [0.3, 0.4) is 0 Å². The smallest absolute Gasteiger partial charge is 0.251 e. The highest BCUT2D eigenvalue weighted by atomic mass is 32.2. The summed E-state index contributed by atoms with van der Waals surface area (Å²) >= 11 is 1.79. The summed E-state index contributed by atoms with van der Waals surface area (Å²) in [5, 5.41) is 0.580. The Morgan fingerprint density at radius 2 is 2.38 bits per heavy atom. The highest BCUT2D eigenvalue weighted by Gasteiger charge is 2.04. The molecule has 0 aliphatic heterocycles. The molecule has 0 aliphatic rings. The van der Waals surface area contributed by atoms with Gasteiger partial charge in [-0.05, 0) is 6.42 Å². The van der Waals surface area contributed by atoms with E-state index in [4.69, 9.17) is 4.74 Å². The lowest BCUT2D eigenvalue weighted by Gasteiger charge is -2.08. The van der Waals surface area contributed by atoms with Crippen LogP contribution in [0.25, 0.3) is 0 Å². The molecule has 1 aromatic rings. The molecule has 1 rings (SSSR count). The maximum absolute atomic E-state index is 11.3. The number of hydrogen-bond donors (Lipinski definition) is 1. The maximum atomic E-state index is 11.3. The Hall–Kier alpha value is -0.810. The molecule has 4 nitrogen and oxygen atoms in total. The fourth-order valence-electron chi connectivity index (χ4n) is 1.19. The molecule has 0 amide bonds. The summed E-state index contributed by atoms with van der Waals surface area (Å²) < 4.78 is 4.96. The Morgan fingerprint density at radius 1 is 1.62 bits per heavy atom. The molecule has 1 aromatic heterocycles. The van der Waals surface area contributed by atoms with E-state index in [9.17, 15) is 4.79 Å². The number of methoxy groups -OCH3 is 1. The minimum atomic E-state index is -0.109. The molecule has 0 aliphatic carbocycles. The van der Waals surface area contributed by atoms with Gasteiger partial charge in [-0.3, -0.25) is 4.79 Å². The molecule has 0 fully saturated rings. The van der Waals surface area contributed by atoms with Crippen LogP contribution < -0.4 is 5.56 Å². The van der Waals surface area contributed by atoms with Crippen molar-refractivity contribution in [2.24, 2.45) is 0 Å². The maximum Gasteiger partial charge on any atom is 0.251 e. The van der Waals surface area contributed by atoms with Gasteiger partial charge in [0.1, 0.15) is 5.82 Å². The van der Waals surface area contributed by atoms with E-state index in [-0.39, 0.29) is 5.56 Å². The number of ether oxygens (including phenoxy) is 1. The lowest BCUT2D eigenvalue weighted by molar-refractivity contribution is 0.181. The molecule has 0 bridgehead atoms. The van der Waals surface area contributed by atoms with Crippen LogP contribution in [0.1, 0.15) is 31.8 Å².